The van der Waals surface area contributed by atoms with Crippen LogP contribution in [0.25, 0.3) is 21.5 Å². The maximum atomic E-state index is 4.33. The summed E-state index contributed by atoms with van der Waals surface area (Å²) in [6, 6.07) is 12.0. The Labute approximate surface area is 91.2 Å². The second-order valence-corrected chi connectivity index (χ2v) is 4.00. The second-order valence-electron chi connectivity index (χ2n) is 3.17. The van der Waals surface area contributed by atoms with Crippen LogP contribution in [-0.2, 0) is 0 Å². The van der Waals surface area contributed by atoms with Gasteiger partial charge in [-0.2, -0.15) is 0 Å². The van der Waals surface area contributed by atoms with Crippen LogP contribution < -0.4 is 0 Å². The number of benzene rings is 1. The summed E-state index contributed by atoms with van der Waals surface area (Å²) in [4.78, 5) is 8.58. The lowest BCUT2D eigenvalue weighted by Gasteiger charge is -2.00. The first-order chi connectivity index (χ1) is 7.45. The van der Waals surface area contributed by atoms with Gasteiger partial charge in [-0.1, -0.05) is 18.2 Å². The van der Waals surface area contributed by atoms with Crippen molar-refractivity contribution in [3.63, 3.8) is 0 Å². The van der Waals surface area contributed by atoms with Crippen molar-refractivity contribution in [3.8, 4) is 11.3 Å². The van der Waals surface area contributed by atoms with E-state index >= 15 is 0 Å². The number of thiazole rings is 1. The summed E-state index contributed by atoms with van der Waals surface area (Å²) >= 11 is 1.53. The fourth-order valence-corrected chi connectivity index (χ4v) is 2.20. The Balaban J connectivity index is 2.31. The zero-order valence-corrected chi connectivity index (χ0v) is 8.66. The van der Waals surface area contributed by atoms with Crippen LogP contribution in [0.2, 0.25) is 0 Å². The molecule has 0 saturated carbocycles. The van der Waals surface area contributed by atoms with Crippen molar-refractivity contribution in [1.29, 1.82) is 0 Å². The molecule has 0 aliphatic rings. The Morgan fingerprint density at radius 3 is 2.93 bits per heavy atom. The van der Waals surface area contributed by atoms with Gasteiger partial charge < -0.3 is 0 Å². The van der Waals surface area contributed by atoms with Crippen molar-refractivity contribution in [2.75, 3.05) is 0 Å². The van der Waals surface area contributed by atoms with E-state index in [2.05, 4.69) is 21.5 Å². The van der Waals surface area contributed by atoms with E-state index in [4.69, 9.17) is 0 Å². The molecule has 0 N–H and O–H groups in total. The fourth-order valence-electron chi connectivity index (χ4n) is 1.57. The maximum absolute atomic E-state index is 4.33. The van der Waals surface area contributed by atoms with Crippen molar-refractivity contribution >= 4 is 21.6 Å². The van der Waals surface area contributed by atoms with Crippen LogP contribution in [0.3, 0.4) is 0 Å². The molecule has 3 rings (SSSR count). The van der Waals surface area contributed by atoms with Gasteiger partial charge in [-0.05, 0) is 18.2 Å². The summed E-state index contributed by atoms with van der Waals surface area (Å²) in [5.74, 6) is 0. The standard InChI is InChI=1S/C12H7N2S/c1-2-7-13-10(5-1)9-4-3-6-11-12(9)14-8-15-11/h1-7H. The molecule has 2 aromatic heterocycles. The quantitative estimate of drug-likeness (QED) is 0.618. The first kappa shape index (κ1) is 8.56. The minimum Gasteiger partial charge on any atom is -0.256 e. The second kappa shape index (κ2) is 3.44. The van der Waals surface area contributed by atoms with E-state index in [1.165, 1.54) is 11.3 Å². The predicted molar refractivity (Wildman–Crippen MR) is 61.7 cm³/mol. The van der Waals surface area contributed by atoms with Gasteiger partial charge in [-0.15, -0.1) is 11.3 Å². The van der Waals surface area contributed by atoms with E-state index in [0.29, 0.717) is 0 Å². The van der Waals surface area contributed by atoms with Crippen molar-refractivity contribution in [3.05, 3.63) is 48.1 Å². The monoisotopic (exact) mass is 211 g/mol. The molecule has 1 radical (unpaired) electrons. The summed E-state index contributed by atoms with van der Waals surface area (Å²) in [6.07, 6.45) is 1.80. The van der Waals surface area contributed by atoms with Gasteiger partial charge in [0.2, 0.25) is 0 Å². The summed E-state index contributed by atoms with van der Waals surface area (Å²) in [7, 11) is 0. The maximum Gasteiger partial charge on any atom is 0.153 e. The van der Waals surface area contributed by atoms with Gasteiger partial charge in [-0.25, -0.2) is 4.98 Å². The molecule has 0 fully saturated rings. The molecule has 0 bridgehead atoms. The largest absolute Gasteiger partial charge is 0.256 e. The first-order valence-corrected chi connectivity index (χ1v) is 5.44. The van der Waals surface area contributed by atoms with Crippen molar-refractivity contribution in [2.45, 2.75) is 0 Å². The molecule has 0 unspecified atom stereocenters. The topological polar surface area (TPSA) is 25.8 Å². The number of nitrogens with zero attached hydrogens (tertiary/aromatic N) is 2. The third-order valence-corrected chi connectivity index (χ3v) is 2.98. The van der Waals surface area contributed by atoms with Crippen LogP contribution in [0, 0.1) is 5.51 Å². The molecule has 2 heterocycles. The minimum absolute atomic E-state index is 0.961. The normalized spacial score (nSPS) is 10.7. The van der Waals surface area contributed by atoms with Crippen LogP contribution >= 0.6 is 11.3 Å². The van der Waals surface area contributed by atoms with Gasteiger partial charge in [0.1, 0.15) is 0 Å². The zero-order chi connectivity index (χ0) is 10.1. The molecular formula is C12H7N2S. The third-order valence-electron chi connectivity index (χ3n) is 2.25. The SMILES string of the molecule is [c]1nc2c(-c3ccccn3)cccc2s1. The summed E-state index contributed by atoms with van der Waals surface area (Å²) in [5.41, 5.74) is 5.93. The van der Waals surface area contributed by atoms with E-state index in [0.717, 1.165) is 21.5 Å². The minimum atomic E-state index is 0.961. The average Bonchev–Trinajstić information content (AvgIpc) is 2.78. The molecule has 0 atom stereocenters. The van der Waals surface area contributed by atoms with Crippen molar-refractivity contribution in [1.82, 2.24) is 9.97 Å². The lowest BCUT2D eigenvalue weighted by Crippen LogP contribution is -1.83. The predicted octanol–water partition coefficient (Wildman–Crippen LogP) is 3.16. The van der Waals surface area contributed by atoms with E-state index in [1.807, 2.05) is 30.3 Å². The summed E-state index contributed by atoms with van der Waals surface area (Å²) in [6.45, 7) is 0. The Hall–Kier alpha value is -1.74. The van der Waals surface area contributed by atoms with E-state index < -0.39 is 0 Å². The van der Waals surface area contributed by atoms with E-state index in [1.54, 1.807) is 6.20 Å². The molecular weight excluding hydrogens is 204 g/mol. The highest BCUT2D eigenvalue weighted by atomic mass is 32.1. The van der Waals surface area contributed by atoms with Crippen LogP contribution in [0.15, 0.2) is 42.6 Å². The number of hydrogen-bond acceptors (Lipinski definition) is 3. The lowest BCUT2D eigenvalue weighted by molar-refractivity contribution is 1.33. The average molecular weight is 211 g/mol. The number of hydrogen-bond donors (Lipinski definition) is 0. The van der Waals surface area contributed by atoms with Gasteiger partial charge in [0.25, 0.3) is 0 Å². The molecule has 15 heavy (non-hydrogen) atoms. The fraction of sp³-hybridized carbons (Fsp3) is 0. The Morgan fingerprint density at radius 1 is 1.07 bits per heavy atom. The molecule has 0 aliphatic heterocycles. The van der Waals surface area contributed by atoms with Gasteiger partial charge in [0, 0.05) is 11.8 Å². The zero-order valence-electron chi connectivity index (χ0n) is 7.84. The number of para-hydroxylation sites is 1. The Morgan fingerprint density at radius 2 is 2.07 bits per heavy atom. The summed E-state index contributed by atoms with van der Waals surface area (Å²) in [5, 5.41) is 0. The number of fused-ring (bicyclic) bond motifs is 1. The molecule has 1 aromatic carbocycles. The Kier molecular flexibility index (Phi) is 1.96. The highest BCUT2D eigenvalue weighted by Crippen LogP contribution is 2.27. The van der Waals surface area contributed by atoms with Crippen LogP contribution in [0.5, 0.6) is 0 Å². The van der Waals surface area contributed by atoms with Crippen LogP contribution in [-0.4, -0.2) is 9.97 Å². The first-order valence-electron chi connectivity index (χ1n) is 4.62. The van der Waals surface area contributed by atoms with Crippen LogP contribution in [0.4, 0.5) is 0 Å². The van der Waals surface area contributed by atoms with Gasteiger partial charge in [-0.3, -0.25) is 4.98 Å². The van der Waals surface area contributed by atoms with Crippen molar-refractivity contribution < 1.29 is 0 Å². The van der Waals surface area contributed by atoms with Gasteiger partial charge in [0.05, 0.1) is 15.9 Å². The van der Waals surface area contributed by atoms with Gasteiger partial charge in [0.15, 0.2) is 5.51 Å². The lowest BCUT2D eigenvalue weighted by atomic mass is 10.1. The number of pyridine rings is 1. The van der Waals surface area contributed by atoms with Crippen LogP contribution in [0.1, 0.15) is 0 Å². The highest BCUT2D eigenvalue weighted by molar-refractivity contribution is 7.16. The number of rotatable bonds is 1. The molecule has 3 heteroatoms. The van der Waals surface area contributed by atoms with E-state index in [-0.39, 0.29) is 0 Å². The Bertz CT molecular complexity index is 587. The smallest absolute Gasteiger partial charge is 0.153 e. The third kappa shape index (κ3) is 1.41. The molecule has 0 amide bonds. The van der Waals surface area contributed by atoms with Gasteiger partial charge >= 0.3 is 0 Å². The molecule has 0 saturated heterocycles. The highest BCUT2D eigenvalue weighted by Gasteiger charge is 2.05. The summed E-state index contributed by atoms with van der Waals surface area (Å²) < 4.78 is 1.15. The van der Waals surface area contributed by atoms with Crippen molar-refractivity contribution in [2.24, 2.45) is 0 Å². The number of aromatic nitrogens is 2. The molecule has 71 valence electrons. The molecule has 0 aliphatic carbocycles. The van der Waals surface area contributed by atoms with E-state index in [9.17, 15) is 0 Å². The molecule has 0 spiro atoms. The molecule has 3 aromatic rings. The molecule has 2 nitrogen and oxygen atoms in total.